The third-order valence-electron chi connectivity index (χ3n) is 4.46. The highest BCUT2D eigenvalue weighted by molar-refractivity contribution is 8.00. The molecule has 2 amide bonds. The number of carbonyl (C=O) groups is 4. The molecule has 1 N–H and O–H groups in total. The summed E-state index contributed by atoms with van der Waals surface area (Å²) in [6.45, 7) is 1.52. The number of β-lactam (4-membered cyclic amide) rings is 1. The number of carbonyl (C=O) groups excluding carboxylic acids is 4. The van der Waals surface area contributed by atoms with Gasteiger partial charge in [-0.2, -0.15) is 0 Å². The second kappa shape index (κ2) is 9.68. The summed E-state index contributed by atoms with van der Waals surface area (Å²) in [5.74, 6) is -1.97. The van der Waals surface area contributed by atoms with Gasteiger partial charge in [0.15, 0.2) is 0 Å². The Hall–Kier alpha value is -1.94. The van der Waals surface area contributed by atoms with Crippen LogP contribution in [0.3, 0.4) is 0 Å². The monoisotopic (exact) mass is 506 g/mol. The maximum atomic E-state index is 12.7. The number of halogens is 3. The van der Waals surface area contributed by atoms with Crippen LogP contribution >= 0.6 is 46.6 Å². The average molecular weight is 508 g/mol. The van der Waals surface area contributed by atoms with Crippen LogP contribution in [-0.2, 0) is 28.7 Å². The zero-order valence-electron chi connectivity index (χ0n) is 16.0. The molecule has 1 saturated heterocycles. The highest BCUT2D eigenvalue weighted by Gasteiger charge is 2.54. The number of alkyl halides is 3. The summed E-state index contributed by atoms with van der Waals surface area (Å²) < 4.78 is 8.13. The van der Waals surface area contributed by atoms with Crippen LogP contribution in [0.1, 0.15) is 18.6 Å². The Balaban J connectivity index is 1.71. The Bertz CT molecular complexity index is 908. The Kier molecular flexibility index (Phi) is 7.41. The van der Waals surface area contributed by atoms with Gasteiger partial charge in [-0.3, -0.25) is 19.3 Å². The smallest absolute Gasteiger partial charge is 0.354 e. The van der Waals surface area contributed by atoms with Crippen LogP contribution in [0.25, 0.3) is 0 Å². The number of hydrogen-bond donors (Lipinski definition) is 1. The lowest BCUT2D eigenvalue weighted by molar-refractivity contribution is -0.155. The van der Waals surface area contributed by atoms with Gasteiger partial charge >= 0.3 is 5.97 Å². The van der Waals surface area contributed by atoms with E-state index in [1.807, 2.05) is 6.92 Å². The molecule has 0 aliphatic carbocycles. The van der Waals surface area contributed by atoms with Crippen molar-refractivity contribution in [1.29, 1.82) is 0 Å². The van der Waals surface area contributed by atoms with E-state index >= 15 is 0 Å². The second-order valence-electron chi connectivity index (χ2n) is 6.69. The first kappa shape index (κ1) is 23.7. The molecule has 0 radical (unpaired) electrons. The molecule has 2 heterocycles. The number of nitrogens with zero attached hydrogens (tertiary/aromatic N) is 1. The van der Waals surface area contributed by atoms with Crippen molar-refractivity contribution in [3.05, 3.63) is 47.7 Å². The van der Waals surface area contributed by atoms with E-state index in [2.05, 4.69) is 5.32 Å². The number of nitrogens with one attached hydrogen (secondary N) is 1. The highest BCUT2D eigenvalue weighted by Crippen LogP contribution is 2.41. The van der Waals surface area contributed by atoms with Gasteiger partial charge in [0.1, 0.15) is 23.7 Å². The Morgan fingerprint density at radius 2 is 1.97 bits per heavy atom. The van der Waals surface area contributed by atoms with E-state index in [0.717, 1.165) is 0 Å². The number of amides is 2. The quantitative estimate of drug-likeness (QED) is 0.262. The van der Waals surface area contributed by atoms with E-state index in [-0.39, 0.29) is 17.4 Å². The molecule has 2 aliphatic heterocycles. The summed E-state index contributed by atoms with van der Waals surface area (Å²) in [4.78, 5) is 50.0. The average Bonchev–Trinajstić information content (AvgIpc) is 2.73. The van der Waals surface area contributed by atoms with E-state index in [0.29, 0.717) is 5.56 Å². The van der Waals surface area contributed by atoms with Crippen LogP contribution in [0.2, 0.25) is 0 Å². The Labute approximate surface area is 197 Å². The largest absolute Gasteiger partial charge is 0.456 e. The van der Waals surface area contributed by atoms with Gasteiger partial charge in [0.2, 0.25) is 9.90 Å². The number of thioether (sulfide) groups is 1. The molecule has 0 bridgehead atoms. The van der Waals surface area contributed by atoms with Crippen molar-refractivity contribution >= 4 is 70.8 Å². The molecule has 31 heavy (non-hydrogen) atoms. The minimum absolute atomic E-state index is 0.0183. The van der Waals surface area contributed by atoms with E-state index in [4.69, 9.17) is 44.3 Å². The summed E-state index contributed by atoms with van der Waals surface area (Å²) in [5, 5.41) is 1.91. The fourth-order valence-corrected chi connectivity index (χ4v) is 4.64. The van der Waals surface area contributed by atoms with Crippen LogP contribution in [0.5, 0.6) is 0 Å². The fraction of sp³-hybridized carbons (Fsp3) is 0.368. The van der Waals surface area contributed by atoms with Crippen molar-refractivity contribution in [2.24, 2.45) is 0 Å². The molecule has 0 saturated carbocycles. The lowest BCUT2D eigenvalue weighted by atomic mass is 10.0. The first-order valence-electron chi connectivity index (χ1n) is 9.01. The molecule has 1 fully saturated rings. The summed E-state index contributed by atoms with van der Waals surface area (Å²) in [7, 11) is 0. The van der Waals surface area contributed by atoms with Crippen LogP contribution in [-0.4, -0.2) is 56.2 Å². The maximum absolute atomic E-state index is 12.7. The predicted octanol–water partition coefficient (Wildman–Crippen LogP) is 2.49. The summed E-state index contributed by atoms with van der Waals surface area (Å²) in [5.41, 5.74) is 0.473. The number of hydrogen-bond acceptors (Lipinski definition) is 7. The first-order chi connectivity index (χ1) is 14.6. The van der Waals surface area contributed by atoms with E-state index < -0.39 is 45.7 Å². The van der Waals surface area contributed by atoms with Gasteiger partial charge in [0, 0.05) is 10.8 Å². The summed E-state index contributed by atoms with van der Waals surface area (Å²) in [6.07, 6.45) is 0.357. The molecular weight excluding hydrogens is 491 g/mol. The van der Waals surface area contributed by atoms with Gasteiger partial charge in [-0.15, -0.1) is 11.8 Å². The van der Waals surface area contributed by atoms with Gasteiger partial charge < -0.3 is 14.8 Å². The normalized spacial score (nSPS) is 23.6. The second-order valence-corrected chi connectivity index (χ2v) is 10.7. The Morgan fingerprint density at radius 3 is 2.58 bits per heavy atom. The number of rotatable bonds is 7. The van der Waals surface area contributed by atoms with Gasteiger partial charge in [-0.1, -0.05) is 65.1 Å². The standard InChI is InChI=1S/C19H17Cl3N2O6S/c1-10-7-12(18(28)29-8-19(20,21)22)24-16(27)13(17(24)31-10)23-15(26)14(30-9-25)11-5-3-2-4-6-11/h2-7,9-10,13-14,17H,8H2,1H3,(H,23,26)/t10?,13?,14?,17-/m1/s1. The molecular formula is C19H17Cl3N2O6S. The molecule has 3 rings (SSSR count). The van der Waals surface area contributed by atoms with Crippen LogP contribution in [0.15, 0.2) is 42.1 Å². The number of benzene rings is 1. The van der Waals surface area contributed by atoms with Crippen molar-refractivity contribution in [2.45, 2.75) is 33.5 Å². The number of ether oxygens (including phenoxy) is 2. The molecule has 2 aliphatic rings. The molecule has 1 aromatic carbocycles. The molecule has 12 heteroatoms. The summed E-state index contributed by atoms with van der Waals surface area (Å²) >= 11 is 18.2. The maximum Gasteiger partial charge on any atom is 0.354 e. The summed E-state index contributed by atoms with van der Waals surface area (Å²) in [6, 6.07) is 7.48. The molecule has 3 unspecified atom stereocenters. The van der Waals surface area contributed by atoms with E-state index in [1.54, 1.807) is 36.4 Å². The van der Waals surface area contributed by atoms with Crippen molar-refractivity contribution in [3.8, 4) is 0 Å². The van der Waals surface area contributed by atoms with Crippen LogP contribution in [0, 0.1) is 0 Å². The zero-order chi connectivity index (χ0) is 22.8. The highest BCUT2D eigenvalue weighted by atomic mass is 35.6. The predicted molar refractivity (Wildman–Crippen MR) is 115 cm³/mol. The Morgan fingerprint density at radius 1 is 1.29 bits per heavy atom. The van der Waals surface area contributed by atoms with Crippen molar-refractivity contribution in [2.75, 3.05) is 6.61 Å². The topological polar surface area (TPSA) is 102 Å². The molecule has 0 spiro atoms. The van der Waals surface area contributed by atoms with E-state index in [9.17, 15) is 19.2 Å². The molecule has 166 valence electrons. The first-order valence-corrected chi connectivity index (χ1v) is 11.1. The fourth-order valence-electron chi connectivity index (χ4n) is 3.15. The third-order valence-corrected chi connectivity index (χ3v) is 6.11. The van der Waals surface area contributed by atoms with Gasteiger partial charge in [0.25, 0.3) is 18.3 Å². The van der Waals surface area contributed by atoms with Crippen molar-refractivity contribution < 1.29 is 28.7 Å². The van der Waals surface area contributed by atoms with Gasteiger partial charge in [0.05, 0.1) is 0 Å². The lowest BCUT2D eigenvalue weighted by Crippen LogP contribution is -2.71. The van der Waals surface area contributed by atoms with Crippen molar-refractivity contribution in [1.82, 2.24) is 10.2 Å². The van der Waals surface area contributed by atoms with Gasteiger partial charge in [-0.25, -0.2) is 4.79 Å². The zero-order valence-corrected chi connectivity index (χ0v) is 19.1. The third kappa shape index (κ3) is 5.46. The minimum Gasteiger partial charge on any atom is -0.456 e. The van der Waals surface area contributed by atoms with Crippen LogP contribution < -0.4 is 5.32 Å². The van der Waals surface area contributed by atoms with Crippen LogP contribution in [0.4, 0.5) is 0 Å². The number of esters is 1. The van der Waals surface area contributed by atoms with Crippen molar-refractivity contribution in [3.63, 3.8) is 0 Å². The van der Waals surface area contributed by atoms with Gasteiger partial charge in [-0.05, 0) is 13.0 Å². The molecule has 1 aromatic rings. The van der Waals surface area contributed by atoms with E-state index in [1.165, 1.54) is 16.7 Å². The lowest BCUT2D eigenvalue weighted by Gasteiger charge is -2.49. The number of fused-ring (bicyclic) bond motifs is 1. The molecule has 8 nitrogen and oxygen atoms in total. The minimum atomic E-state index is -1.79. The molecule has 0 aromatic heterocycles. The molecule has 4 atom stereocenters. The SMILES string of the molecule is CC1C=C(C(=O)OCC(Cl)(Cl)Cl)N2C(=O)C(NC(=O)C(OC=O)c3ccccc3)[C@H]2S1.